The number of amides is 1. The standard InChI is InChI=1S/C27H28ClN5O4S/c28-22-8-4-19(5-9-22)13-15-38(36,37)32-14-12-24(18-32)33(17-20-2-1-3-25(34)16-20)26(35)21-6-10-23(11-7-21)31-27(29)30/h1-11,13,15-16,24,34H,12,14,17-18H2,(H4,29,30,31)/b15-13+. The third kappa shape index (κ3) is 6.91. The molecule has 1 amide bonds. The average Bonchev–Trinajstić information content (AvgIpc) is 3.38. The zero-order chi connectivity index (χ0) is 27.3. The summed E-state index contributed by atoms with van der Waals surface area (Å²) in [6.07, 6.45) is 1.98. The summed E-state index contributed by atoms with van der Waals surface area (Å²) in [4.78, 5) is 19.2. The molecule has 3 aromatic rings. The molecule has 38 heavy (non-hydrogen) atoms. The summed E-state index contributed by atoms with van der Waals surface area (Å²) in [6, 6.07) is 19.6. The number of rotatable bonds is 8. The minimum absolute atomic E-state index is 0.0828. The summed E-state index contributed by atoms with van der Waals surface area (Å²) in [6.45, 7) is 0.608. The summed E-state index contributed by atoms with van der Waals surface area (Å²) in [5, 5.41) is 11.7. The highest BCUT2D eigenvalue weighted by molar-refractivity contribution is 7.92. The zero-order valence-electron chi connectivity index (χ0n) is 20.4. The lowest BCUT2D eigenvalue weighted by Gasteiger charge is -2.29. The van der Waals surface area contributed by atoms with E-state index in [0.717, 1.165) is 5.56 Å². The van der Waals surface area contributed by atoms with Crippen LogP contribution in [0.3, 0.4) is 0 Å². The van der Waals surface area contributed by atoms with E-state index < -0.39 is 10.0 Å². The summed E-state index contributed by atoms with van der Waals surface area (Å²) >= 11 is 5.90. The van der Waals surface area contributed by atoms with Crippen LogP contribution >= 0.6 is 11.6 Å². The molecule has 0 bridgehead atoms. The molecule has 4 rings (SSSR count). The number of hydrogen-bond acceptors (Lipinski definition) is 5. The molecular formula is C27H28ClN5O4S. The van der Waals surface area contributed by atoms with Crippen LogP contribution in [0.1, 0.15) is 27.9 Å². The predicted molar refractivity (Wildman–Crippen MR) is 149 cm³/mol. The molecule has 3 aromatic carbocycles. The number of carbonyl (C=O) groups is 1. The van der Waals surface area contributed by atoms with Gasteiger partial charge >= 0.3 is 0 Å². The summed E-state index contributed by atoms with van der Waals surface area (Å²) < 4.78 is 27.5. The normalized spacial score (nSPS) is 16.0. The number of aromatic hydroxyl groups is 1. The number of phenolic OH excluding ortho intramolecular Hbond substituents is 1. The van der Waals surface area contributed by atoms with Crippen LogP contribution in [0.15, 0.2) is 83.2 Å². The molecule has 1 saturated heterocycles. The minimum Gasteiger partial charge on any atom is -0.508 e. The Morgan fingerprint density at radius 3 is 2.47 bits per heavy atom. The molecule has 1 aliphatic heterocycles. The van der Waals surface area contributed by atoms with Gasteiger partial charge in [0.05, 0.1) is 5.69 Å². The molecular weight excluding hydrogens is 526 g/mol. The van der Waals surface area contributed by atoms with Crippen LogP contribution < -0.4 is 11.5 Å². The van der Waals surface area contributed by atoms with Crippen molar-refractivity contribution in [3.05, 3.63) is 99.9 Å². The van der Waals surface area contributed by atoms with Gasteiger partial charge in [-0.05, 0) is 72.2 Å². The third-order valence-electron chi connectivity index (χ3n) is 6.13. The largest absolute Gasteiger partial charge is 0.508 e. The Kier molecular flexibility index (Phi) is 8.35. The predicted octanol–water partition coefficient (Wildman–Crippen LogP) is 3.67. The lowest BCUT2D eigenvalue weighted by Crippen LogP contribution is -2.42. The lowest BCUT2D eigenvalue weighted by molar-refractivity contribution is 0.0671. The van der Waals surface area contributed by atoms with E-state index in [9.17, 15) is 18.3 Å². The van der Waals surface area contributed by atoms with E-state index in [-0.39, 0.29) is 43.3 Å². The maximum Gasteiger partial charge on any atom is 0.254 e. The molecule has 1 fully saturated rings. The van der Waals surface area contributed by atoms with Crippen LogP contribution in [0.2, 0.25) is 5.02 Å². The maximum absolute atomic E-state index is 13.6. The molecule has 1 atom stereocenters. The Morgan fingerprint density at radius 1 is 1.11 bits per heavy atom. The second-order valence-corrected chi connectivity index (χ2v) is 11.1. The first-order valence-electron chi connectivity index (χ1n) is 11.8. The van der Waals surface area contributed by atoms with E-state index in [2.05, 4.69) is 4.99 Å². The van der Waals surface area contributed by atoms with Gasteiger partial charge in [-0.15, -0.1) is 0 Å². The highest BCUT2D eigenvalue weighted by atomic mass is 35.5. The fourth-order valence-corrected chi connectivity index (χ4v) is 5.60. The van der Waals surface area contributed by atoms with Crippen molar-refractivity contribution < 1.29 is 18.3 Å². The molecule has 9 nitrogen and oxygen atoms in total. The smallest absolute Gasteiger partial charge is 0.254 e. The molecule has 5 N–H and O–H groups in total. The van der Waals surface area contributed by atoms with Gasteiger partial charge in [-0.1, -0.05) is 35.9 Å². The van der Waals surface area contributed by atoms with Gasteiger partial charge in [0, 0.05) is 41.7 Å². The first-order chi connectivity index (χ1) is 18.1. The Balaban J connectivity index is 1.56. The van der Waals surface area contributed by atoms with Gasteiger partial charge in [0.25, 0.3) is 5.91 Å². The van der Waals surface area contributed by atoms with E-state index in [1.54, 1.807) is 77.7 Å². The van der Waals surface area contributed by atoms with Crippen LogP contribution in [0.5, 0.6) is 5.75 Å². The number of aliphatic imine (C=N–C) groups is 1. The van der Waals surface area contributed by atoms with Crippen LogP contribution in [-0.2, 0) is 16.6 Å². The molecule has 0 spiro atoms. The van der Waals surface area contributed by atoms with Gasteiger partial charge in [-0.25, -0.2) is 13.4 Å². The number of guanidine groups is 1. The summed E-state index contributed by atoms with van der Waals surface area (Å²) in [7, 11) is -3.72. The van der Waals surface area contributed by atoms with Gasteiger partial charge in [0.1, 0.15) is 5.75 Å². The van der Waals surface area contributed by atoms with Crippen LogP contribution in [-0.4, -0.2) is 53.7 Å². The van der Waals surface area contributed by atoms with E-state index in [1.807, 2.05) is 0 Å². The van der Waals surface area contributed by atoms with Gasteiger partial charge in [0.15, 0.2) is 5.96 Å². The monoisotopic (exact) mass is 553 g/mol. The summed E-state index contributed by atoms with van der Waals surface area (Å²) in [5.74, 6) is -0.281. The third-order valence-corrected chi connectivity index (χ3v) is 7.91. The zero-order valence-corrected chi connectivity index (χ0v) is 22.0. The van der Waals surface area contributed by atoms with Crippen molar-refractivity contribution in [3.8, 4) is 5.75 Å². The first kappa shape index (κ1) is 27.2. The number of phenols is 1. The number of benzene rings is 3. The molecule has 0 saturated carbocycles. The number of nitrogens with zero attached hydrogens (tertiary/aromatic N) is 3. The molecule has 11 heteroatoms. The number of hydrogen-bond donors (Lipinski definition) is 3. The van der Waals surface area contributed by atoms with Crippen molar-refractivity contribution in [2.24, 2.45) is 16.5 Å². The number of sulfonamides is 1. The van der Waals surface area contributed by atoms with Gasteiger partial charge in [-0.2, -0.15) is 4.31 Å². The lowest BCUT2D eigenvalue weighted by atomic mass is 10.1. The number of nitrogens with two attached hydrogens (primary N) is 2. The molecule has 1 heterocycles. The van der Waals surface area contributed by atoms with E-state index in [0.29, 0.717) is 28.3 Å². The molecule has 198 valence electrons. The molecule has 0 radical (unpaired) electrons. The highest BCUT2D eigenvalue weighted by Gasteiger charge is 2.35. The van der Waals surface area contributed by atoms with Crippen LogP contribution in [0, 0.1) is 0 Å². The maximum atomic E-state index is 13.6. The Morgan fingerprint density at radius 2 is 1.82 bits per heavy atom. The van der Waals surface area contributed by atoms with Gasteiger partial charge in [0.2, 0.25) is 10.0 Å². The second kappa shape index (κ2) is 11.7. The van der Waals surface area contributed by atoms with Crippen molar-refractivity contribution in [1.29, 1.82) is 0 Å². The SMILES string of the molecule is NC(N)=Nc1ccc(C(=O)N(Cc2cccc(O)c2)C2CCN(S(=O)(=O)/C=C/c3ccc(Cl)cc3)C2)cc1. The van der Waals surface area contributed by atoms with Crippen molar-refractivity contribution in [3.63, 3.8) is 0 Å². The molecule has 0 aromatic heterocycles. The number of carbonyl (C=O) groups excluding carboxylic acids is 1. The first-order valence-corrected chi connectivity index (χ1v) is 13.7. The Hall–Kier alpha value is -3.86. The number of halogens is 1. The molecule has 0 aliphatic carbocycles. The fourth-order valence-electron chi connectivity index (χ4n) is 4.23. The van der Waals surface area contributed by atoms with Crippen molar-refractivity contribution in [2.45, 2.75) is 19.0 Å². The molecule has 1 aliphatic rings. The average molecular weight is 554 g/mol. The van der Waals surface area contributed by atoms with E-state index >= 15 is 0 Å². The Bertz CT molecular complexity index is 1450. The fraction of sp³-hybridized carbons (Fsp3) is 0.185. The summed E-state index contributed by atoms with van der Waals surface area (Å²) in [5.41, 5.74) is 13.2. The van der Waals surface area contributed by atoms with E-state index in [1.165, 1.54) is 15.8 Å². The Labute approximate surface area is 226 Å². The van der Waals surface area contributed by atoms with Crippen molar-refractivity contribution in [2.75, 3.05) is 13.1 Å². The van der Waals surface area contributed by atoms with Crippen molar-refractivity contribution in [1.82, 2.24) is 9.21 Å². The molecule has 1 unspecified atom stereocenters. The quantitative estimate of drug-likeness (QED) is 0.287. The van der Waals surface area contributed by atoms with E-state index in [4.69, 9.17) is 23.1 Å². The second-order valence-electron chi connectivity index (χ2n) is 8.89. The van der Waals surface area contributed by atoms with Crippen LogP contribution in [0.4, 0.5) is 5.69 Å². The van der Waals surface area contributed by atoms with Crippen LogP contribution in [0.25, 0.3) is 6.08 Å². The van der Waals surface area contributed by atoms with Crippen molar-refractivity contribution >= 4 is 45.3 Å². The topological polar surface area (TPSA) is 142 Å². The van der Waals surface area contributed by atoms with Gasteiger partial charge < -0.3 is 21.5 Å². The minimum atomic E-state index is -3.72. The van der Waals surface area contributed by atoms with Gasteiger partial charge in [-0.3, -0.25) is 4.79 Å². The highest BCUT2D eigenvalue weighted by Crippen LogP contribution is 2.25.